The molecule has 6 nitrogen and oxygen atoms in total. The van der Waals surface area contributed by atoms with E-state index in [-0.39, 0.29) is 35.4 Å². The fourth-order valence-corrected chi connectivity index (χ4v) is 8.89. The van der Waals surface area contributed by atoms with E-state index < -0.39 is 0 Å². The Labute approximate surface area is 207 Å². The largest absolute Gasteiger partial charge is 0.508 e. The van der Waals surface area contributed by atoms with Crippen molar-refractivity contribution in [3.63, 3.8) is 0 Å². The molecule has 1 aliphatic heterocycles. The summed E-state index contributed by atoms with van der Waals surface area (Å²) in [7, 11) is 1.99. The number of aliphatic hydroxyl groups excluding tert-OH is 1. The Morgan fingerprint density at radius 3 is 2.71 bits per heavy atom. The van der Waals surface area contributed by atoms with Crippen LogP contribution < -0.4 is 5.73 Å². The number of benzene rings is 2. The standard InChI is InChI=1S/C29H37N3O3/c1-31(27(35)19-5-3-2-4-6-19)25-10-12-28-11-9-23(25)29(28)13-14-32(17-21(30)18-33)26(28)15-20-7-8-22(34)16-24(20)29/h2-8,16,21,23,25-26,33-34H,9-15,17-18,30H2,1H3/t21-,23?,25?,26?,28?,29?/m0/s1. The van der Waals surface area contributed by atoms with Gasteiger partial charge >= 0.3 is 0 Å². The van der Waals surface area contributed by atoms with Gasteiger partial charge in [0.1, 0.15) is 5.75 Å². The van der Waals surface area contributed by atoms with Gasteiger partial charge in [0, 0.05) is 42.7 Å². The summed E-state index contributed by atoms with van der Waals surface area (Å²) in [4.78, 5) is 18.1. The summed E-state index contributed by atoms with van der Waals surface area (Å²) in [6.45, 7) is 1.66. The van der Waals surface area contributed by atoms with Crippen LogP contribution in [0.3, 0.4) is 0 Å². The van der Waals surface area contributed by atoms with Crippen molar-refractivity contribution < 1.29 is 15.0 Å². The Morgan fingerprint density at radius 1 is 1.17 bits per heavy atom. The molecule has 3 fully saturated rings. The molecule has 186 valence electrons. The first-order chi connectivity index (χ1) is 16.9. The van der Waals surface area contributed by atoms with Crippen molar-refractivity contribution in [2.24, 2.45) is 17.1 Å². The minimum absolute atomic E-state index is 0.00289. The number of fused-ring (bicyclic) bond motifs is 1. The number of aliphatic hydroxyl groups is 1. The van der Waals surface area contributed by atoms with E-state index in [0.717, 1.165) is 50.6 Å². The molecule has 6 heteroatoms. The molecule has 0 spiro atoms. The third kappa shape index (κ3) is 3.16. The van der Waals surface area contributed by atoms with Crippen molar-refractivity contribution in [1.29, 1.82) is 0 Å². The number of amides is 1. The molecule has 5 unspecified atom stereocenters. The topological polar surface area (TPSA) is 90.0 Å². The van der Waals surface area contributed by atoms with E-state index in [0.29, 0.717) is 24.3 Å². The molecule has 0 aromatic heterocycles. The van der Waals surface area contributed by atoms with Crippen molar-refractivity contribution in [1.82, 2.24) is 9.80 Å². The molecule has 4 bridgehead atoms. The number of aromatic hydroxyl groups is 1. The van der Waals surface area contributed by atoms with Crippen LogP contribution in [-0.2, 0) is 11.8 Å². The molecule has 35 heavy (non-hydrogen) atoms. The van der Waals surface area contributed by atoms with Crippen molar-refractivity contribution >= 4 is 5.91 Å². The number of likely N-dealkylation sites (tertiary alicyclic amines) is 1. The maximum atomic E-state index is 13.5. The van der Waals surface area contributed by atoms with Gasteiger partial charge in [-0.3, -0.25) is 9.69 Å². The number of nitrogens with zero attached hydrogens (tertiary/aromatic N) is 2. The summed E-state index contributed by atoms with van der Waals surface area (Å²) in [5, 5.41) is 20.2. The van der Waals surface area contributed by atoms with Gasteiger partial charge in [-0.1, -0.05) is 24.3 Å². The lowest BCUT2D eigenvalue weighted by atomic mass is 9.43. The second-order valence-electron chi connectivity index (χ2n) is 11.4. The molecule has 2 aromatic carbocycles. The van der Waals surface area contributed by atoms with E-state index in [9.17, 15) is 15.0 Å². The third-order valence-electron chi connectivity index (χ3n) is 10.2. The van der Waals surface area contributed by atoms with Gasteiger partial charge in [0.2, 0.25) is 0 Å². The minimum Gasteiger partial charge on any atom is -0.508 e. The van der Waals surface area contributed by atoms with Gasteiger partial charge in [-0.25, -0.2) is 0 Å². The number of hydrogen-bond acceptors (Lipinski definition) is 5. The molecule has 6 atom stereocenters. The zero-order chi connectivity index (χ0) is 24.4. The van der Waals surface area contributed by atoms with Gasteiger partial charge in [-0.05, 0) is 91.8 Å². The average molecular weight is 476 g/mol. The molecule has 3 aliphatic carbocycles. The minimum atomic E-state index is -0.233. The van der Waals surface area contributed by atoms with Crippen LogP contribution in [0.1, 0.15) is 53.6 Å². The van der Waals surface area contributed by atoms with E-state index in [2.05, 4.69) is 11.0 Å². The number of phenols is 1. The summed E-state index contributed by atoms with van der Waals surface area (Å²) in [5.74, 6) is 0.805. The fourth-order valence-electron chi connectivity index (χ4n) is 8.89. The monoisotopic (exact) mass is 475 g/mol. The number of piperidine rings is 1. The van der Waals surface area contributed by atoms with Gasteiger partial charge in [-0.15, -0.1) is 0 Å². The van der Waals surface area contributed by atoms with Gasteiger partial charge in [0.05, 0.1) is 6.61 Å². The number of carbonyl (C=O) groups is 1. The Balaban J connectivity index is 1.43. The molecular weight excluding hydrogens is 438 g/mol. The molecule has 6 rings (SSSR count). The van der Waals surface area contributed by atoms with Crippen LogP contribution in [0.5, 0.6) is 5.75 Å². The lowest BCUT2D eigenvalue weighted by Gasteiger charge is -2.67. The molecule has 1 amide bonds. The molecule has 1 heterocycles. The zero-order valence-electron chi connectivity index (χ0n) is 20.6. The Bertz CT molecular complexity index is 1120. The predicted molar refractivity (Wildman–Crippen MR) is 135 cm³/mol. The first-order valence-electron chi connectivity index (χ1n) is 13.2. The smallest absolute Gasteiger partial charge is 0.253 e. The van der Waals surface area contributed by atoms with Crippen LogP contribution >= 0.6 is 0 Å². The maximum absolute atomic E-state index is 13.5. The molecular formula is C29H37N3O3. The molecule has 4 aliphatic rings. The van der Waals surface area contributed by atoms with Crippen LogP contribution in [-0.4, -0.2) is 70.8 Å². The third-order valence-corrected chi connectivity index (χ3v) is 10.2. The van der Waals surface area contributed by atoms with Crippen LogP contribution in [0.4, 0.5) is 0 Å². The average Bonchev–Trinajstić information content (AvgIpc) is 3.11. The van der Waals surface area contributed by atoms with Gasteiger partial charge in [0.15, 0.2) is 0 Å². The van der Waals surface area contributed by atoms with Gasteiger partial charge in [0.25, 0.3) is 5.91 Å². The van der Waals surface area contributed by atoms with Gasteiger partial charge < -0.3 is 20.8 Å². The molecule has 2 aromatic rings. The highest BCUT2D eigenvalue weighted by atomic mass is 16.3. The SMILES string of the molecule is CN(C(=O)c1ccccc1)C1CCC23CCC1C21CCN(C[C@H](N)CO)C3Cc2ccc(O)cc21. The summed E-state index contributed by atoms with van der Waals surface area (Å²) in [6.07, 6.45) is 6.30. The van der Waals surface area contributed by atoms with Crippen molar-refractivity contribution in [3.05, 3.63) is 65.2 Å². The molecule has 0 radical (unpaired) electrons. The number of nitrogens with two attached hydrogens (primary N) is 1. The Hall–Kier alpha value is -2.41. The summed E-state index contributed by atoms with van der Waals surface area (Å²) in [6, 6.07) is 15.9. The number of carbonyl (C=O) groups excluding carboxylic acids is 1. The second kappa shape index (κ2) is 8.32. The molecule has 1 saturated heterocycles. The summed E-state index contributed by atoms with van der Waals surface area (Å²) in [5.41, 5.74) is 9.71. The van der Waals surface area contributed by atoms with Crippen molar-refractivity contribution in [2.45, 2.75) is 62.1 Å². The lowest BCUT2D eigenvalue weighted by Crippen LogP contribution is -2.70. The molecule has 4 N–H and O–H groups in total. The first kappa shape index (κ1) is 23.0. The van der Waals surface area contributed by atoms with Crippen molar-refractivity contribution in [3.8, 4) is 5.75 Å². The first-order valence-corrected chi connectivity index (χ1v) is 13.2. The zero-order valence-corrected chi connectivity index (χ0v) is 20.6. The highest BCUT2D eigenvalue weighted by Gasteiger charge is 2.71. The van der Waals surface area contributed by atoms with Crippen LogP contribution in [0.25, 0.3) is 0 Å². The fraction of sp³-hybridized carbons (Fsp3) is 0.552. The highest BCUT2D eigenvalue weighted by molar-refractivity contribution is 5.94. The summed E-state index contributed by atoms with van der Waals surface area (Å²) >= 11 is 0. The van der Waals surface area contributed by atoms with E-state index in [1.54, 1.807) is 0 Å². The lowest BCUT2D eigenvalue weighted by molar-refractivity contribution is -0.105. The van der Waals surface area contributed by atoms with E-state index in [1.165, 1.54) is 11.1 Å². The highest BCUT2D eigenvalue weighted by Crippen LogP contribution is 2.72. The van der Waals surface area contributed by atoms with Crippen molar-refractivity contribution in [2.75, 3.05) is 26.7 Å². The number of hydrogen-bond donors (Lipinski definition) is 3. The second-order valence-corrected chi connectivity index (χ2v) is 11.4. The van der Waals surface area contributed by atoms with E-state index >= 15 is 0 Å². The quantitative estimate of drug-likeness (QED) is 0.619. The van der Waals surface area contributed by atoms with E-state index in [4.69, 9.17) is 5.73 Å². The number of rotatable bonds is 5. The maximum Gasteiger partial charge on any atom is 0.253 e. The molecule has 2 saturated carbocycles. The van der Waals surface area contributed by atoms with Gasteiger partial charge in [-0.2, -0.15) is 0 Å². The van der Waals surface area contributed by atoms with Crippen LogP contribution in [0.2, 0.25) is 0 Å². The summed E-state index contributed by atoms with van der Waals surface area (Å²) < 4.78 is 0. The van der Waals surface area contributed by atoms with E-state index in [1.807, 2.05) is 54.4 Å². The van der Waals surface area contributed by atoms with Crippen LogP contribution in [0.15, 0.2) is 48.5 Å². The Kier molecular flexibility index (Phi) is 5.47. The van der Waals surface area contributed by atoms with Crippen LogP contribution in [0, 0.1) is 11.3 Å². The Morgan fingerprint density at radius 2 is 1.94 bits per heavy atom. The normalized spacial score (nSPS) is 34.1. The number of phenolic OH excluding ortho intramolecular Hbond substituents is 1. The predicted octanol–water partition coefficient (Wildman–Crippen LogP) is 2.91.